The first-order valence-electron chi connectivity index (χ1n) is 3.39. The Hall–Kier alpha value is -1.05. The van der Waals surface area contributed by atoms with E-state index in [1.807, 2.05) is 6.07 Å². The Balaban J connectivity index is 2.94. The molecule has 5 heteroatoms. The highest BCUT2D eigenvalue weighted by atomic mass is 35.5. The van der Waals surface area contributed by atoms with Crippen molar-refractivity contribution in [2.75, 3.05) is 0 Å². The molecule has 0 spiro atoms. The van der Waals surface area contributed by atoms with E-state index in [0.717, 1.165) is 0 Å². The van der Waals surface area contributed by atoms with Crippen LogP contribution in [0.15, 0.2) is 6.20 Å². The molecular weight excluding hydrogens is 178 g/mol. The van der Waals surface area contributed by atoms with Crippen LogP contribution in [0.3, 0.4) is 0 Å². The number of aryl methyl sites for hydroxylation is 1. The van der Waals surface area contributed by atoms with Gasteiger partial charge in [-0.3, -0.25) is 4.68 Å². The van der Waals surface area contributed by atoms with Gasteiger partial charge >= 0.3 is 0 Å². The minimum absolute atomic E-state index is 0.0270. The smallest absolute Gasteiger partial charge is 0.110 e. The SMILES string of the molecule is Cn1ncc(Cl)c1C(O)CC#N. The molecule has 0 aromatic carbocycles. The highest BCUT2D eigenvalue weighted by Crippen LogP contribution is 2.23. The summed E-state index contributed by atoms with van der Waals surface area (Å²) in [6.07, 6.45) is 0.617. The second-order valence-corrected chi connectivity index (χ2v) is 2.79. The van der Waals surface area contributed by atoms with Crippen molar-refractivity contribution in [2.24, 2.45) is 7.05 Å². The zero-order valence-electron chi connectivity index (χ0n) is 6.53. The molecule has 1 rings (SSSR count). The predicted octanol–water partition coefficient (Wildman–Crippen LogP) is 1.02. The number of hydrogen-bond donors (Lipinski definition) is 1. The third kappa shape index (κ3) is 1.58. The summed E-state index contributed by atoms with van der Waals surface area (Å²) >= 11 is 5.72. The molecule has 0 saturated carbocycles. The summed E-state index contributed by atoms with van der Waals surface area (Å²) in [5, 5.41) is 22.0. The zero-order valence-corrected chi connectivity index (χ0v) is 7.28. The molecule has 0 bridgehead atoms. The molecule has 1 atom stereocenters. The van der Waals surface area contributed by atoms with Crippen molar-refractivity contribution in [3.8, 4) is 6.07 Å². The number of nitriles is 1. The molecular formula is C7H8ClN3O. The Labute approximate surface area is 75.0 Å². The van der Waals surface area contributed by atoms with Crippen molar-refractivity contribution in [3.05, 3.63) is 16.9 Å². The van der Waals surface area contributed by atoms with Crippen LogP contribution in [0.2, 0.25) is 5.02 Å². The first kappa shape index (κ1) is 9.04. The monoisotopic (exact) mass is 185 g/mol. The highest BCUT2D eigenvalue weighted by Gasteiger charge is 2.15. The van der Waals surface area contributed by atoms with Gasteiger partial charge in [-0.2, -0.15) is 10.4 Å². The molecule has 1 aromatic heterocycles. The number of aliphatic hydroxyl groups is 1. The molecule has 0 aliphatic heterocycles. The van der Waals surface area contributed by atoms with Gasteiger partial charge in [-0.15, -0.1) is 0 Å². The molecule has 64 valence electrons. The van der Waals surface area contributed by atoms with Gasteiger partial charge in [0, 0.05) is 7.05 Å². The van der Waals surface area contributed by atoms with Crippen LogP contribution in [-0.4, -0.2) is 14.9 Å². The molecule has 1 unspecified atom stereocenters. The number of aromatic nitrogens is 2. The molecule has 0 saturated heterocycles. The Kier molecular flexibility index (Phi) is 2.69. The van der Waals surface area contributed by atoms with Crippen molar-refractivity contribution in [1.82, 2.24) is 9.78 Å². The number of hydrogen-bond acceptors (Lipinski definition) is 3. The topological polar surface area (TPSA) is 61.8 Å². The van der Waals surface area contributed by atoms with E-state index in [2.05, 4.69) is 5.10 Å². The van der Waals surface area contributed by atoms with Gasteiger partial charge in [-0.05, 0) is 0 Å². The lowest BCUT2D eigenvalue weighted by molar-refractivity contribution is 0.173. The summed E-state index contributed by atoms with van der Waals surface area (Å²) < 4.78 is 1.46. The molecule has 1 aromatic rings. The van der Waals surface area contributed by atoms with Crippen LogP contribution < -0.4 is 0 Å². The zero-order chi connectivity index (χ0) is 9.14. The molecule has 12 heavy (non-hydrogen) atoms. The fourth-order valence-corrected chi connectivity index (χ4v) is 1.27. The van der Waals surface area contributed by atoms with Crippen LogP contribution in [0.4, 0.5) is 0 Å². The van der Waals surface area contributed by atoms with E-state index < -0.39 is 6.10 Å². The van der Waals surface area contributed by atoms with E-state index in [1.54, 1.807) is 7.05 Å². The van der Waals surface area contributed by atoms with E-state index in [9.17, 15) is 5.11 Å². The molecule has 0 aliphatic rings. The van der Waals surface area contributed by atoms with E-state index in [0.29, 0.717) is 10.7 Å². The molecule has 0 fully saturated rings. The summed E-state index contributed by atoms with van der Waals surface area (Å²) in [5.41, 5.74) is 0.484. The van der Waals surface area contributed by atoms with Gasteiger partial charge in [0.25, 0.3) is 0 Å². The van der Waals surface area contributed by atoms with E-state index >= 15 is 0 Å². The van der Waals surface area contributed by atoms with E-state index in [4.69, 9.17) is 16.9 Å². The minimum atomic E-state index is -0.852. The van der Waals surface area contributed by atoms with Gasteiger partial charge in [-0.1, -0.05) is 11.6 Å². The van der Waals surface area contributed by atoms with Crippen LogP contribution in [-0.2, 0) is 7.05 Å². The maximum atomic E-state index is 9.40. The number of aliphatic hydroxyl groups excluding tert-OH is 1. The third-order valence-electron chi connectivity index (χ3n) is 1.54. The summed E-state index contributed by atoms with van der Waals surface area (Å²) in [4.78, 5) is 0. The van der Waals surface area contributed by atoms with Crippen LogP contribution in [0.5, 0.6) is 0 Å². The van der Waals surface area contributed by atoms with Crippen molar-refractivity contribution in [3.63, 3.8) is 0 Å². The fourth-order valence-electron chi connectivity index (χ4n) is 0.978. The van der Waals surface area contributed by atoms with E-state index in [1.165, 1.54) is 10.9 Å². The van der Waals surface area contributed by atoms with Crippen molar-refractivity contribution in [1.29, 1.82) is 5.26 Å². The predicted molar refractivity (Wildman–Crippen MR) is 43.4 cm³/mol. The lowest BCUT2D eigenvalue weighted by Gasteiger charge is -2.06. The summed E-state index contributed by atoms with van der Waals surface area (Å²) in [6, 6.07) is 1.86. The van der Waals surface area contributed by atoms with Crippen LogP contribution >= 0.6 is 11.6 Å². The quantitative estimate of drug-likeness (QED) is 0.749. The standard InChI is InChI=1S/C7H8ClN3O/c1-11-7(5(8)4-10-11)6(12)2-3-9/h4,6,12H,2H2,1H3. The molecule has 0 radical (unpaired) electrons. The number of nitrogens with zero attached hydrogens (tertiary/aromatic N) is 3. The first-order chi connectivity index (χ1) is 5.66. The molecule has 1 N–H and O–H groups in total. The van der Waals surface area contributed by atoms with Crippen LogP contribution in [0.1, 0.15) is 18.2 Å². The molecule has 4 nitrogen and oxygen atoms in total. The average Bonchev–Trinajstić information content (AvgIpc) is 2.32. The van der Waals surface area contributed by atoms with Crippen molar-refractivity contribution < 1.29 is 5.11 Å². The largest absolute Gasteiger partial charge is 0.386 e. The highest BCUT2D eigenvalue weighted by molar-refractivity contribution is 6.31. The van der Waals surface area contributed by atoms with Gasteiger partial charge in [0.2, 0.25) is 0 Å². The van der Waals surface area contributed by atoms with Crippen LogP contribution in [0, 0.1) is 11.3 Å². The first-order valence-corrected chi connectivity index (χ1v) is 3.77. The van der Waals surface area contributed by atoms with Gasteiger partial charge < -0.3 is 5.11 Å². The molecule has 0 aliphatic carbocycles. The third-order valence-corrected chi connectivity index (χ3v) is 1.83. The normalized spacial score (nSPS) is 12.5. The maximum absolute atomic E-state index is 9.40. The van der Waals surface area contributed by atoms with Gasteiger partial charge in [-0.25, -0.2) is 0 Å². The minimum Gasteiger partial charge on any atom is -0.386 e. The second-order valence-electron chi connectivity index (χ2n) is 2.38. The lowest BCUT2D eigenvalue weighted by atomic mass is 10.2. The number of rotatable bonds is 2. The van der Waals surface area contributed by atoms with Gasteiger partial charge in [0.1, 0.15) is 6.10 Å². The van der Waals surface area contributed by atoms with Gasteiger partial charge in [0.15, 0.2) is 0 Å². The van der Waals surface area contributed by atoms with Gasteiger partial charge in [0.05, 0.1) is 29.4 Å². The number of halogens is 1. The Morgan fingerprint density at radius 1 is 1.92 bits per heavy atom. The fraction of sp³-hybridized carbons (Fsp3) is 0.429. The van der Waals surface area contributed by atoms with Crippen LogP contribution in [0.25, 0.3) is 0 Å². The lowest BCUT2D eigenvalue weighted by Crippen LogP contribution is -2.04. The van der Waals surface area contributed by atoms with Crippen molar-refractivity contribution >= 4 is 11.6 Å². The van der Waals surface area contributed by atoms with Crippen molar-refractivity contribution in [2.45, 2.75) is 12.5 Å². The summed E-state index contributed by atoms with van der Waals surface area (Å²) in [7, 11) is 1.67. The Morgan fingerprint density at radius 2 is 2.58 bits per heavy atom. The summed E-state index contributed by atoms with van der Waals surface area (Å²) in [5.74, 6) is 0. The van der Waals surface area contributed by atoms with E-state index in [-0.39, 0.29) is 6.42 Å². The Bertz CT molecular complexity index is 295. The summed E-state index contributed by atoms with van der Waals surface area (Å²) in [6.45, 7) is 0. The second kappa shape index (κ2) is 3.57. The molecule has 1 heterocycles. The Morgan fingerprint density at radius 3 is 3.00 bits per heavy atom. The maximum Gasteiger partial charge on any atom is 0.110 e. The average molecular weight is 186 g/mol. The molecule has 0 amide bonds.